The smallest absolute Gasteiger partial charge is 0.323 e. The highest BCUT2D eigenvalue weighted by molar-refractivity contribution is 5.75. The van der Waals surface area contributed by atoms with Crippen molar-refractivity contribution in [1.82, 2.24) is 0 Å². The van der Waals surface area contributed by atoms with E-state index in [-0.39, 0.29) is 6.67 Å². The zero-order chi connectivity index (χ0) is 14.1. The molecular weight excluding hydrogens is 249 g/mol. The van der Waals surface area contributed by atoms with Gasteiger partial charge in [-0.2, -0.15) is 0 Å². The molecule has 0 saturated carbocycles. The summed E-state index contributed by atoms with van der Waals surface area (Å²) in [6.45, 7) is 2.05. The van der Waals surface area contributed by atoms with Crippen molar-refractivity contribution < 1.29 is 18.7 Å². The number of alkyl halides is 1. The first-order chi connectivity index (χ1) is 9.17. The summed E-state index contributed by atoms with van der Waals surface area (Å²) < 4.78 is 22.1. The summed E-state index contributed by atoms with van der Waals surface area (Å²) in [6.07, 6.45) is 0.805. The zero-order valence-corrected chi connectivity index (χ0v) is 11.1. The van der Waals surface area contributed by atoms with Crippen LogP contribution in [0.3, 0.4) is 0 Å². The molecule has 1 unspecified atom stereocenters. The van der Waals surface area contributed by atoms with Gasteiger partial charge in [-0.25, -0.2) is 0 Å². The molecule has 0 radical (unpaired) electrons. The van der Waals surface area contributed by atoms with Gasteiger partial charge >= 0.3 is 5.97 Å². The minimum atomic E-state index is -0.654. The average molecular weight is 269 g/mol. The average Bonchev–Trinajstić information content (AvgIpc) is 2.41. The number of halogens is 1. The first-order valence-corrected chi connectivity index (χ1v) is 6.37. The zero-order valence-electron chi connectivity index (χ0n) is 11.1. The quantitative estimate of drug-likeness (QED) is 0.578. The lowest BCUT2D eigenvalue weighted by Crippen LogP contribution is -2.34. The fraction of sp³-hybridized carbons (Fsp3) is 0.500. The molecule has 0 heterocycles. The Morgan fingerprint density at radius 2 is 2.05 bits per heavy atom. The summed E-state index contributed by atoms with van der Waals surface area (Å²) in [5.74, 6) is 0.285. The van der Waals surface area contributed by atoms with E-state index in [0.29, 0.717) is 31.8 Å². The van der Waals surface area contributed by atoms with E-state index in [2.05, 4.69) is 0 Å². The Kier molecular flexibility index (Phi) is 6.89. The Labute approximate surface area is 112 Å². The number of rotatable bonds is 8. The third-order valence-electron chi connectivity index (χ3n) is 2.52. The molecule has 5 heteroatoms. The van der Waals surface area contributed by atoms with E-state index in [0.717, 1.165) is 5.56 Å². The normalized spacial score (nSPS) is 11.9. The molecule has 1 rings (SSSR count). The predicted octanol–water partition coefficient (Wildman–Crippen LogP) is 1.86. The lowest BCUT2D eigenvalue weighted by molar-refractivity contribution is -0.144. The van der Waals surface area contributed by atoms with Gasteiger partial charge in [-0.3, -0.25) is 9.18 Å². The molecule has 0 aliphatic rings. The number of carbonyl (C=O) groups excluding carboxylic acids is 1. The Balaban J connectivity index is 2.45. The second-order valence-electron chi connectivity index (χ2n) is 4.10. The van der Waals surface area contributed by atoms with Crippen molar-refractivity contribution in [3.63, 3.8) is 0 Å². The van der Waals surface area contributed by atoms with Crippen molar-refractivity contribution in [2.24, 2.45) is 5.73 Å². The van der Waals surface area contributed by atoms with E-state index in [1.54, 1.807) is 19.1 Å². The van der Waals surface area contributed by atoms with Gasteiger partial charge in [0.05, 0.1) is 19.9 Å². The minimum absolute atomic E-state index is 0.327. The molecule has 2 N–H and O–H groups in total. The molecule has 4 nitrogen and oxygen atoms in total. The molecule has 1 atom stereocenters. The fourth-order valence-corrected chi connectivity index (χ4v) is 1.55. The summed E-state index contributed by atoms with van der Waals surface area (Å²) in [7, 11) is 0. The van der Waals surface area contributed by atoms with Crippen LogP contribution < -0.4 is 10.5 Å². The van der Waals surface area contributed by atoms with Crippen LogP contribution in [0.5, 0.6) is 5.75 Å². The van der Waals surface area contributed by atoms with Crippen LogP contribution in [0.25, 0.3) is 0 Å². The number of esters is 1. The van der Waals surface area contributed by atoms with Crippen molar-refractivity contribution in [1.29, 1.82) is 0 Å². The van der Waals surface area contributed by atoms with Gasteiger partial charge < -0.3 is 15.2 Å². The molecule has 0 saturated heterocycles. The third-order valence-corrected chi connectivity index (χ3v) is 2.52. The first kappa shape index (κ1) is 15.4. The molecule has 0 bridgehead atoms. The predicted molar refractivity (Wildman–Crippen MR) is 70.8 cm³/mol. The maximum Gasteiger partial charge on any atom is 0.323 e. The van der Waals surface area contributed by atoms with E-state index in [1.165, 1.54) is 0 Å². The summed E-state index contributed by atoms with van der Waals surface area (Å²) >= 11 is 0. The highest BCUT2D eigenvalue weighted by atomic mass is 19.1. The molecule has 0 aliphatic carbocycles. The number of hydrogen-bond acceptors (Lipinski definition) is 4. The molecular formula is C14H20FNO3. The third kappa shape index (κ3) is 5.70. The topological polar surface area (TPSA) is 61.5 Å². The van der Waals surface area contributed by atoms with Crippen LogP contribution in [-0.4, -0.2) is 31.9 Å². The van der Waals surface area contributed by atoms with Crippen LogP contribution in [0, 0.1) is 0 Å². The number of carbonyl (C=O) groups is 1. The van der Waals surface area contributed by atoms with Crippen LogP contribution in [0.4, 0.5) is 4.39 Å². The van der Waals surface area contributed by atoms with Crippen molar-refractivity contribution in [3.8, 4) is 5.75 Å². The Morgan fingerprint density at radius 1 is 1.37 bits per heavy atom. The largest absolute Gasteiger partial charge is 0.494 e. The minimum Gasteiger partial charge on any atom is -0.494 e. The standard InChI is InChI=1S/C14H20FNO3/c1-2-18-14(17)13(16)10-11-4-6-12(7-5-11)19-9-3-8-15/h4-7,13H,2-3,8-10,16H2,1H3. The molecule has 1 aromatic rings. The monoisotopic (exact) mass is 269 g/mol. The van der Waals surface area contributed by atoms with Crippen LogP contribution >= 0.6 is 0 Å². The maximum absolute atomic E-state index is 11.9. The van der Waals surface area contributed by atoms with Gasteiger partial charge in [0.2, 0.25) is 0 Å². The highest BCUT2D eigenvalue weighted by Gasteiger charge is 2.14. The second-order valence-corrected chi connectivity index (χ2v) is 4.10. The molecule has 0 spiro atoms. The van der Waals surface area contributed by atoms with Gasteiger partial charge in [0.1, 0.15) is 11.8 Å². The summed E-state index contributed by atoms with van der Waals surface area (Å²) in [5.41, 5.74) is 6.65. The van der Waals surface area contributed by atoms with Crippen LogP contribution in [0.1, 0.15) is 18.9 Å². The van der Waals surface area contributed by atoms with Gasteiger partial charge in [-0.05, 0) is 31.0 Å². The van der Waals surface area contributed by atoms with E-state index < -0.39 is 12.0 Å². The summed E-state index contributed by atoms with van der Waals surface area (Å²) in [5, 5.41) is 0. The van der Waals surface area contributed by atoms with Crippen LogP contribution in [0.15, 0.2) is 24.3 Å². The van der Waals surface area contributed by atoms with Crippen molar-refractivity contribution in [2.75, 3.05) is 19.9 Å². The summed E-state index contributed by atoms with van der Waals surface area (Å²) in [6, 6.07) is 6.59. The van der Waals surface area contributed by atoms with Crippen molar-refractivity contribution in [3.05, 3.63) is 29.8 Å². The molecule has 0 amide bonds. The van der Waals surface area contributed by atoms with E-state index in [1.807, 2.05) is 12.1 Å². The number of hydrogen-bond donors (Lipinski definition) is 1. The van der Waals surface area contributed by atoms with Gasteiger partial charge in [0, 0.05) is 6.42 Å². The Morgan fingerprint density at radius 3 is 2.63 bits per heavy atom. The maximum atomic E-state index is 11.9. The van der Waals surface area contributed by atoms with Gasteiger partial charge in [-0.1, -0.05) is 12.1 Å². The lowest BCUT2D eigenvalue weighted by atomic mass is 10.1. The molecule has 0 fully saturated rings. The fourth-order valence-electron chi connectivity index (χ4n) is 1.55. The van der Waals surface area contributed by atoms with Crippen molar-refractivity contribution >= 4 is 5.97 Å². The summed E-state index contributed by atoms with van der Waals surface area (Å²) in [4.78, 5) is 11.4. The van der Waals surface area contributed by atoms with Gasteiger partial charge in [0.25, 0.3) is 0 Å². The molecule has 0 aromatic heterocycles. The van der Waals surface area contributed by atoms with Crippen LogP contribution in [-0.2, 0) is 16.0 Å². The number of nitrogens with two attached hydrogens (primary N) is 1. The van der Waals surface area contributed by atoms with E-state index in [9.17, 15) is 9.18 Å². The van der Waals surface area contributed by atoms with Gasteiger partial charge in [0.15, 0.2) is 0 Å². The Bertz CT molecular complexity index is 381. The number of ether oxygens (including phenoxy) is 2. The molecule has 19 heavy (non-hydrogen) atoms. The highest BCUT2D eigenvalue weighted by Crippen LogP contribution is 2.13. The Hall–Kier alpha value is -1.62. The number of benzene rings is 1. The SMILES string of the molecule is CCOC(=O)C(N)Cc1ccc(OCCCF)cc1. The lowest BCUT2D eigenvalue weighted by Gasteiger charge is -2.11. The molecule has 1 aromatic carbocycles. The van der Waals surface area contributed by atoms with E-state index in [4.69, 9.17) is 15.2 Å². The van der Waals surface area contributed by atoms with E-state index >= 15 is 0 Å². The molecule has 0 aliphatic heterocycles. The van der Waals surface area contributed by atoms with Gasteiger partial charge in [-0.15, -0.1) is 0 Å². The van der Waals surface area contributed by atoms with Crippen LogP contribution in [0.2, 0.25) is 0 Å². The second kappa shape index (κ2) is 8.48. The molecule has 106 valence electrons. The van der Waals surface area contributed by atoms with Crippen molar-refractivity contribution in [2.45, 2.75) is 25.8 Å². The first-order valence-electron chi connectivity index (χ1n) is 6.37.